The molecule has 4 rings (SSSR count). The lowest BCUT2D eigenvalue weighted by atomic mass is 10.1. The van der Waals surface area contributed by atoms with Crippen molar-refractivity contribution in [3.8, 4) is 17.1 Å². The molecule has 146 valence electrons. The number of aromatic nitrogens is 4. The first kappa shape index (κ1) is 18.5. The van der Waals surface area contributed by atoms with Crippen LogP contribution in [0.2, 0.25) is 0 Å². The van der Waals surface area contributed by atoms with Gasteiger partial charge < -0.3 is 10.4 Å². The lowest BCUT2D eigenvalue weighted by Gasteiger charge is -2.11. The van der Waals surface area contributed by atoms with Gasteiger partial charge in [-0.15, -0.1) is 0 Å². The van der Waals surface area contributed by atoms with Crippen LogP contribution in [0.15, 0.2) is 55.0 Å². The van der Waals surface area contributed by atoms with Gasteiger partial charge in [0.15, 0.2) is 5.82 Å². The molecule has 0 atom stereocenters. The second-order valence-corrected chi connectivity index (χ2v) is 6.89. The van der Waals surface area contributed by atoms with Gasteiger partial charge in [-0.1, -0.05) is 6.07 Å². The van der Waals surface area contributed by atoms with Crippen molar-refractivity contribution in [2.45, 2.75) is 19.9 Å². The van der Waals surface area contributed by atoms with Crippen LogP contribution in [0.1, 0.15) is 24.2 Å². The van der Waals surface area contributed by atoms with E-state index < -0.39 is 11.8 Å². The van der Waals surface area contributed by atoms with Crippen LogP contribution in [-0.4, -0.2) is 36.9 Å². The van der Waals surface area contributed by atoms with Gasteiger partial charge in [0.1, 0.15) is 5.82 Å². The molecule has 2 aromatic carbocycles. The normalized spacial score (nSPS) is 11.2. The van der Waals surface area contributed by atoms with Crippen LogP contribution in [0.3, 0.4) is 0 Å². The number of benzene rings is 2. The Balaban J connectivity index is 1.76. The number of carboxylic acids is 1. The van der Waals surface area contributed by atoms with E-state index in [1.807, 2.05) is 18.2 Å². The molecule has 0 aliphatic heterocycles. The van der Waals surface area contributed by atoms with E-state index in [1.54, 1.807) is 17.1 Å². The molecule has 2 heterocycles. The molecular formula is C21H18FN5O2. The van der Waals surface area contributed by atoms with E-state index in [0.717, 1.165) is 22.7 Å². The Labute approximate surface area is 165 Å². The number of nitrogens with one attached hydrogen (secondary N) is 1. The van der Waals surface area contributed by atoms with Gasteiger partial charge in [0.25, 0.3) is 0 Å². The van der Waals surface area contributed by atoms with Crippen LogP contribution < -0.4 is 5.32 Å². The van der Waals surface area contributed by atoms with Gasteiger partial charge in [-0.05, 0) is 44.2 Å². The summed E-state index contributed by atoms with van der Waals surface area (Å²) in [5.74, 6) is -1.67. The zero-order valence-electron chi connectivity index (χ0n) is 15.8. The lowest BCUT2D eigenvalue weighted by molar-refractivity contribution is 0.0692. The predicted octanol–water partition coefficient (Wildman–Crippen LogP) is 4.14. The van der Waals surface area contributed by atoms with Crippen LogP contribution in [0.25, 0.3) is 28.0 Å². The number of anilines is 1. The summed E-state index contributed by atoms with van der Waals surface area (Å²) >= 11 is 0. The first-order valence-corrected chi connectivity index (χ1v) is 9.02. The molecule has 0 spiro atoms. The highest BCUT2D eigenvalue weighted by atomic mass is 19.1. The maximum Gasteiger partial charge on any atom is 0.338 e. The van der Waals surface area contributed by atoms with Crippen LogP contribution in [0.4, 0.5) is 10.1 Å². The van der Waals surface area contributed by atoms with E-state index in [9.17, 15) is 9.18 Å². The van der Waals surface area contributed by atoms with Crippen molar-refractivity contribution in [3.05, 3.63) is 66.4 Å². The van der Waals surface area contributed by atoms with Gasteiger partial charge in [-0.3, -0.25) is 4.98 Å². The zero-order valence-corrected chi connectivity index (χ0v) is 15.8. The molecule has 7 nitrogen and oxygen atoms in total. The summed E-state index contributed by atoms with van der Waals surface area (Å²) in [4.78, 5) is 19.8. The Morgan fingerprint density at radius 2 is 1.97 bits per heavy atom. The van der Waals surface area contributed by atoms with Crippen molar-refractivity contribution < 1.29 is 14.3 Å². The molecule has 0 radical (unpaired) electrons. The van der Waals surface area contributed by atoms with E-state index in [4.69, 9.17) is 5.11 Å². The summed E-state index contributed by atoms with van der Waals surface area (Å²) in [6.45, 7) is 4.12. The number of rotatable bonds is 5. The molecule has 29 heavy (non-hydrogen) atoms. The molecule has 2 N–H and O–H groups in total. The molecule has 8 heteroatoms. The highest BCUT2D eigenvalue weighted by molar-refractivity contribution is 5.88. The second kappa shape index (κ2) is 7.31. The number of hydrogen-bond acceptors (Lipinski definition) is 5. The Hall–Kier alpha value is -3.81. The quantitative estimate of drug-likeness (QED) is 0.531. The molecule has 4 aromatic rings. The fraction of sp³-hybridized carbons (Fsp3) is 0.143. The van der Waals surface area contributed by atoms with Gasteiger partial charge in [0.05, 0.1) is 35.4 Å². The van der Waals surface area contributed by atoms with Gasteiger partial charge in [-0.2, -0.15) is 5.10 Å². The molecule has 0 aliphatic carbocycles. The van der Waals surface area contributed by atoms with Crippen molar-refractivity contribution >= 4 is 22.6 Å². The third-order valence-electron chi connectivity index (χ3n) is 4.36. The molecule has 0 saturated heterocycles. The molecular weight excluding hydrogens is 373 g/mol. The van der Waals surface area contributed by atoms with Crippen molar-refractivity contribution in [3.63, 3.8) is 0 Å². The Morgan fingerprint density at radius 3 is 2.69 bits per heavy atom. The van der Waals surface area contributed by atoms with Crippen LogP contribution >= 0.6 is 0 Å². The molecule has 2 aromatic heterocycles. The number of carbonyl (C=O) groups is 1. The summed E-state index contributed by atoms with van der Waals surface area (Å²) in [5.41, 5.74) is 2.28. The molecule has 0 unspecified atom stereocenters. The fourth-order valence-electron chi connectivity index (χ4n) is 3.07. The topological polar surface area (TPSA) is 92.9 Å². The first-order chi connectivity index (χ1) is 13.9. The molecule has 0 bridgehead atoms. The van der Waals surface area contributed by atoms with Gasteiger partial charge in [0.2, 0.25) is 0 Å². The summed E-state index contributed by atoms with van der Waals surface area (Å²) < 4.78 is 15.7. The highest BCUT2D eigenvalue weighted by Crippen LogP contribution is 2.24. The maximum atomic E-state index is 14.1. The zero-order chi connectivity index (χ0) is 20.5. The number of aromatic carboxylic acids is 1. The average molecular weight is 391 g/mol. The summed E-state index contributed by atoms with van der Waals surface area (Å²) in [6.07, 6.45) is 4.81. The lowest BCUT2D eigenvalue weighted by Crippen LogP contribution is -2.09. The number of fused-ring (bicyclic) bond motifs is 1. The SMILES string of the molecule is CC(C)Nc1ccc2cnn(-c3cncc(-c4ccc(C(=O)O)c(F)c4)n3)c2c1. The Bertz CT molecular complexity index is 1220. The third kappa shape index (κ3) is 3.64. The summed E-state index contributed by atoms with van der Waals surface area (Å²) in [7, 11) is 0. The highest BCUT2D eigenvalue weighted by Gasteiger charge is 2.13. The van der Waals surface area contributed by atoms with Crippen molar-refractivity contribution in [1.29, 1.82) is 0 Å². The van der Waals surface area contributed by atoms with E-state index in [2.05, 4.69) is 34.2 Å². The number of halogens is 1. The molecule has 0 fully saturated rings. The number of carboxylic acid groups (broad SMARTS) is 1. The van der Waals surface area contributed by atoms with Gasteiger partial charge in [0, 0.05) is 22.7 Å². The molecule has 0 aliphatic rings. The van der Waals surface area contributed by atoms with E-state index in [-0.39, 0.29) is 11.6 Å². The predicted molar refractivity (Wildman–Crippen MR) is 108 cm³/mol. The minimum Gasteiger partial charge on any atom is -0.478 e. The minimum absolute atomic E-state index is 0.288. The second-order valence-electron chi connectivity index (χ2n) is 6.89. The summed E-state index contributed by atoms with van der Waals surface area (Å²) in [6, 6.07) is 10.1. The van der Waals surface area contributed by atoms with Crippen LogP contribution in [-0.2, 0) is 0 Å². The van der Waals surface area contributed by atoms with E-state index in [1.165, 1.54) is 18.3 Å². The van der Waals surface area contributed by atoms with Crippen LogP contribution in [0.5, 0.6) is 0 Å². The third-order valence-corrected chi connectivity index (χ3v) is 4.36. The van der Waals surface area contributed by atoms with Gasteiger partial charge >= 0.3 is 5.97 Å². The van der Waals surface area contributed by atoms with E-state index in [0.29, 0.717) is 17.1 Å². The fourth-order valence-corrected chi connectivity index (χ4v) is 3.07. The summed E-state index contributed by atoms with van der Waals surface area (Å²) in [5, 5.41) is 17.7. The van der Waals surface area contributed by atoms with Crippen molar-refractivity contribution in [1.82, 2.24) is 19.7 Å². The van der Waals surface area contributed by atoms with Crippen molar-refractivity contribution in [2.24, 2.45) is 0 Å². The smallest absolute Gasteiger partial charge is 0.338 e. The number of hydrogen-bond donors (Lipinski definition) is 2. The molecule has 0 saturated carbocycles. The Morgan fingerprint density at radius 1 is 1.14 bits per heavy atom. The number of nitrogens with zero attached hydrogens (tertiary/aromatic N) is 4. The van der Waals surface area contributed by atoms with Crippen molar-refractivity contribution in [2.75, 3.05) is 5.32 Å². The minimum atomic E-state index is -1.32. The largest absolute Gasteiger partial charge is 0.478 e. The maximum absolute atomic E-state index is 14.1. The standard InChI is InChI=1S/C21H18FN5O2/c1-12(2)25-15-5-3-14-9-24-27(19(14)8-15)20-11-23-10-18(26-20)13-4-6-16(21(28)29)17(22)7-13/h3-12,25H,1-2H3,(H,28,29). The van der Waals surface area contributed by atoms with Crippen LogP contribution in [0, 0.1) is 5.82 Å². The molecule has 0 amide bonds. The van der Waals surface area contributed by atoms with Gasteiger partial charge in [-0.25, -0.2) is 18.9 Å². The Kier molecular flexibility index (Phi) is 4.67. The first-order valence-electron chi connectivity index (χ1n) is 9.02. The monoisotopic (exact) mass is 391 g/mol. The van der Waals surface area contributed by atoms with E-state index >= 15 is 0 Å². The average Bonchev–Trinajstić information content (AvgIpc) is 3.10.